The van der Waals surface area contributed by atoms with Gasteiger partial charge in [-0.05, 0) is 22.9 Å². The largest absolute Gasteiger partial charge is 0.439 e. The molecule has 1 nitrogen and oxygen atoms in total. The number of hydrogen-bond donors (Lipinski definition) is 1. The van der Waals surface area contributed by atoms with Crippen molar-refractivity contribution in [3.05, 3.63) is 10.7 Å². The highest BCUT2D eigenvalue weighted by Crippen LogP contribution is 2.21. The molecule has 0 aromatic carbocycles. The Labute approximate surface area is 75.9 Å². The van der Waals surface area contributed by atoms with Crippen molar-refractivity contribution in [1.82, 2.24) is 0 Å². The van der Waals surface area contributed by atoms with Crippen LogP contribution in [-0.2, 0) is 0 Å². The summed E-state index contributed by atoms with van der Waals surface area (Å²) in [6, 6.07) is 0. The lowest BCUT2D eigenvalue weighted by Crippen LogP contribution is -2.16. The molecule has 11 heavy (non-hydrogen) atoms. The fourth-order valence-electron chi connectivity index (χ4n) is 0.229. The average Bonchev–Trinajstić information content (AvgIpc) is 1.85. The molecule has 0 aromatic rings. The quantitative estimate of drug-likeness (QED) is 0.317. The maximum Gasteiger partial charge on any atom is 0.439 e. The third-order valence-electron chi connectivity index (χ3n) is 0.704. The molecule has 6 heteroatoms. The van der Waals surface area contributed by atoms with Gasteiger partial charge in [0.1, 0.15) is 4.61 Å². The molecule has 0 aromatic heterocycles. The Balaban J connectivity index is 4.48. The number of hydrogen-bond acceptors (Lipinski definition) is 1. The van der Waals surface area contributed by atoms with Crippen molar-refractivity contribution in [3.63, 3.8) is 0 Å². The van der Waals surface area contributed by atoms with Crippen LogP contribution in [-0.4, -0.2) is 11.2 Å². The summed E-state index contributed by atoms with van der Waals surface area (Å²) in [5, 5.41) is -1.16. The standard InChI is InChI=1S/C5H5BrF3NS/c1-2-3(6)10-4(11)5(7,8)9/h2H,1H3,(H,10,11)/b3-2-. The second-order valence-corrected chi connectivity index (χ2v) is 2.78. The van der Waals surface area contributed by atoms with E-state index >= 15 is 0 Å². The molecule has 0 saturated heterocycles. The van der Waals surface area contributed by atoms with Crippen molar-refractivity contribution in [2.75, 3.05) is 0 Å². The van der Waals surface area contributed by atoms with Crippen LogP contribution < -0.4 is 0 Å². The summed E-state index contributed by atoms with van der Waals surface area (Å²) in [5.41, 5.74) is 0. The second-order valence-electron chi connectivity index (χ2n) is 1.54. The average molecular weight is 248 g/mol. The molecule has 64 valence electrons. The first-order chi connectivity index (χ1) is 4.88. The van der Waals surface area contributed by atoms with Gasteiger partial charge in [0.15, 0.2) is 5.04 Å². The van der Waals surface area contributed by atoms with Crippen LogP contribution in [0.5, 0.6) is 0 Å². The molecule has 0 rings (SSSR count). The van der Waals surface area contributed by atoms with E-state index in [9.17, 15) is 13.2 Å². The zero-order valence-electron chi connectivity index (χ0n) is 5.48. The van der Waals surface area contributed by atoms with Crippen molar-refractivity contribution >= 4 is 33.6 Å². The van der Waals surface area contributed by atoms with Crippen LogP contribution in [0.15, 0.2) is 15.7 Å². The molecule has 0 aliphatic heterocycles. The monoisotopic (exact) mass is 247 g/mol. The smallest absolute Gasteiger partial charge is 0.230 e. The maximum atomic E-state index is 11.7. The van der Waals surface area contributed by atoms with Crippen LogP contribution in [0.4, 0.5) is 13.2 Å². The van der Waals surface area contributed by atoms with E-state index in [1.165, 1.54) is 6.08 Å². The van der Waals surface area contributed by atoms with Gasteiger partial charge in [-0.15, -0.1) is 12.6 Å². The highest BCUT2D eigenvalue weighted by molar-refractivity contribution is 9.11. The zero-order chi connectivity index (χ0) is 9.07. The van der Waals surface area contributed by atoms with E-state index in [0.29, 0.717) is 0 Å². The molecule has 0 atom stereocenters. The Morgan fingerprint density at radius 1 is 1.55 bits per heavy atom. The molecule has 0 fully saturated rings. The van der Waals surface area contributed by atoms with Crippen molar-refractivity contribution in [2.45, 2.75) is 13.1 Å². The van der Waals surface area contributed by atoms with Crippen LogP contribution in [0.3, 0.4) is 0 Å². The Morgan fingerprint density at radius 3 is 2.27 bits per heavy atom. The van der Waals surface area contributed by atoms with E-state index in [1.807, 2.05) is 0 Å². The lowest BCUT2D eigenvalue weighted by Gasteiger charge is -2.02. The fraction of sp³-hybridized carbons (Fsp3) is 0.400. The Kier molecular flexibility index (Phi) is 4.17. The summed E-state index contributed by atoms with van der Waals surface area (Å²) in [6.07, 6.45) is -3.08. The normalized spacial score (nSPS) is 15.5. The van der Waals surface area contributed by atoms with Gasteiger partial charge >= 0.3 is 6.18 Å². The predicted molar refractivity (Wildman–Crippen MR) is 45.2 cm³/mol. The minimum atomic E-state index is -4.47. The molecular formula is C5H5BrF3NS. The minimum Gasteiger partial charge on any atom is -0.230 e. The molecule has 0 aliphatic rings. The Morgan fingerprint density at radius 2 is 2.00 bits per heavy atom. The van der Waals surface area contributed by atoms with Gasteiger partial charge in [-0.1, -0.05) is 6.08 Å². The molecule has 0 amide bonds. The van der Waals surface area contributed by atoms with Gasteiger partial charge in [0.2, 0.25) is 0 Å². The maximum absolute atomic E-state index is 11.7. The fourth-order valence-corrected chi connectivity index (χ4v) is 0.651. The molecule has 0 heterocycles. The van der Waals surface area contributed by atoms with Crippen LogP contribution in [0.25, 0.3) is 0 Å². The van der Waals surface area contributed by atoms with Gasteiger partial charge in [-0.2, -0.15) is 13.2 Å². The van der Waals surface area contributed by atoms with Gasteiger partial charge in [-0.3, -0.25) is 0 Å². The summed E-state index contributed by atoms with van der Waals surface area (Å²) in [6.45, 7) is 1.56. The van der Waals surface area contributed by atoms with E-state index in [-0.39, 0.29) is 4.61 Å². The zero-order valence-corrected chi connectivity index (χ0v) is 7.96. The number of alkyl halides is 3. The third-order valence-corrected chi connectivity index (χ3v) is 1.69. The lowest BCUT2D eigenvalue weighted by atomic mass is 10.6. The topological polar surface area (TPSA) is 12.4 Å². The van der Waals surface area contributed by atoms with E-state index in [1.54, 1.807) is 6.92 Å². The van der Waals surface area contributed by atoms with Crippen LogP contribution in [0.1, 0.15) is 6.92 Å². The number of rotatable bonds is 1. The molecule has 0 N–H and O–H groups in total. The molecule has 0 aliphatic carbocycles. The summed E-state index contributed by atoms with van der Waals surface area (Å²) in [4.78, 5) is 3.10. The van der Waals surface area contributed by atoms with Gasteiger partial charge in [0.05, 0.1) is 0 Å². The van der Waals surface area contributed by atoms with Crippen molar-refractivity contribution in [1.29, 1.82) is 0 Å². The molecule has 0 spiro atoms. The number of nitrogens with zero attached hydrogens (tertiary/aromatic N) is 1. The van der Waals surface area contributed by atoms with Crippen LogP contribution in [0.2, 0.25) is 0 Å². The molecule has 0 unspecified atom stereocenters. The molecular weight excluding hydrogens is 243 g/mol. The van der Waals surface area contributed by atoms with Gasteiger partial charge < -0.3 is 0 Å². The predicted octanol–water partition coefficient (Wildman–Crippen LogP) is 3.13. The van der Waals surface area contributed by atoms with Crippen molar-refractivity contribution < 1.29 is 13.2 Å². The summed E-state index contributed by atoms with van der Waals surface area (Å²) in [5.74, 6) is 0. The van der Waals surface area contributed by atoms with Crippen molar-refractivity contribution in [2.24, 2.45) is 4.99 Å². The summed E-state index contributed by atoms with van der Waals surface area (Å²) < 4.78 is 35.2. The Hall–Kier alpha value is 0.0300. The number of aliphatic imine (C=N–C) groups is 1. The van der Waals surface area contributed by atoms with Crippen LogP contribution in [0, 0.1) is 0 Å². The summed E-state index contributed by atoms with van der Waals surface area (Å²) >= 11 is 5.95. The highest BCUT2D eigenvalue weighted by Gasteiger charge is 2.33. The third kappa shape index (κ3) is 4.47. The van der Waals surface area contributed by atoms with E-state index in [2.05, 4.69) is 33.6 Å². The van der Waals surface area contributed by atoms with Gasteiger partial charge in [0.25, 0.3) is 0 Å². The minimum absolute atomic E-state index is 0.111. The first-order valence-corrected chi connectivity index (χ1v) is 3.78. The first-order valence-electron chi connectivity index (χ1n) is 2.54. The van der Waals surface area contributed by atoms with Gasteiger partial charge in [0, 0.05) is 0 Å². The number of allylic oxidation sites excluding steroid dienone is 1. The lowest BCUT2D eigenvalue weighted by molar-refractivity contribution is -0.0553. The molecule has 0 saturated carbocycles. The van der Waals surface area contributed by atoms with E-state index in [0.717, 1.165) is 0 Å². The number of thiol groups is 1. The highest BCUT2D eigenvalue weighted by atomic mass is 79.9. The van der Waals surface area contributed by atoms with E-state index < -0.39 is 11.2 Å². The second kappa shape index (κ2) is 4.15. The van der Waals surface area contributed by atoms with Crippen molar-refractivity contribution in [3.8, 4) is 0 Å². The van der Waals surface area contributed by atoms with E-state index in [4.69, 9.17) is 0 Å². The molecule has 0 radical (unpaired) electrons. The number of halogens is 4. The van der Waals surface area contributed by atoms with Gasteiger partial charge in [-0.25, -0.2) is 4.99 Å². The SMILES string of the molecule is C/C=C(Br)\N=C(/S)C(F)(F)F. The summed E-state index contributed by atoms with van der Waals surface area (Å²) in [7, 11) is 0. The van der Waals surface area contributed by atoms with Crippen LogP contribution >= 0.6 is 28.6 Å². The molecule has 0 bridgehead atoms. The Bertz CT molecular complexity index is 196. The first kappa shape index (κ1) is 11.0.